The molecule has 1 N–H and O–H groups in total. The van der Waals surface area contributed by atoms with Gasteiger partial charge in [-0.05, 0) is 29.0 Å². The smallest absolute Gasteiger partial charge is 0.119 e. The highest BCUT2D eigenvalue weighted by Gasteiger charge is 2.14. The summed E-state index contributed by atoms with van der Waals surface area (Å²) in [4.78, 5) is 0. The number of benzene rings is 1. The van der Waals surface area contributed by atoms with Crippen molar-refractivity contribution in [2.45, 2.75) is 26.7 Å². The summed E-state index contributed by atoms with van der Waals surface area (Å²) in [6.07, 6.45) is 8.64. The molecule has 1 heteroatoms. The quantitative estimate of drug-likeness (QED) is 0.743. The Morgan fingerprint density at radius 1 is 1.12 bits per heavy atom. The topological polar surface area (TPSA) is 20.2 Å². The van der Waals surface area contributed by atoms with Gasteiger partial charge in [0.05, 0.1) is 0 Å². The highest BCUT2D eigenvalue weighted by atomic mass is 16.3. The van der Waals surface area contributed by atoms with Crippen molar-refractivity contribution >= 4 is 12.2 Å². The molecule has 1 unspecified atom stereocenters. The maximum atomic E-state index is 9.94. The Morgan fingerprint density at radius 3 is 2.50 bits per heavy atom. The Morgan fingerprint density at radius 2 is 1.81 bits per heavy atom. The molecule has 0 fully saturated rings. The van der Waals surface area contributed by atoms with Gasteiger partial charge >= 0.3 is 0 Å². The van der Waals surface area contributed by atoms with E-state index in [1.54, 1.807) is 6.07 Å². The number of hydrogen-bond acceptors (Lipinski definition) is 1. The van der Waals surface area contributed by atoms with Crippen LogP contribution in [0.2, 0.25) is 0 Å². The highest BCUT2D eigenvalue weighted by molar-refractivity contribution is 5.72. The van der Waals surface area contributed by atoms with Gasteiger partial charge in [0.2, 0.25) is 0 Å². The van der Waals surface area contributed by atoms with Crippen LogP contribution < -0.4 is 0 Å². The average molecular weight is 214 g/mol. The van der Waals surface area contributed by atoms with E-state index in [-0.39, 0.29) is 0 Å². The molecule has 0 amide bonds. The number of aromatic hydroxyl groups is 1. The molecule has 0 aromatic heterocycles. The second-order valence-corrected chi connectivity index (χ2v) is 4.73. The predicted octanol–water partition coefficient (Wildman–Crippen LogP) is 4.19. The lowest BCUT2D eigenvalue weighted by Gasteiger charge is -2.14. The molecule has 0 heterocycles. The minimum absolute atomic E-state index is 0.335. The van der Waals surface area contributed by atoms with Gasteiger partial charge in [0, 0.05) is 5.56 Å². The van der Waals surface area contributed by atoms with Crippen molar-refractivity contribution in [3.05, 3.63) is 41.0 Å². The fourth-order valence-electron chi connectivity index (χ4n) is 2.15. The van der Waals surface area contributed by atoms with Gasteiger partial charge in [-0.15, -0.1) is 0 Å². The lowest BCUT2D eigenvalue weighted by Crippen LogP contribution is -1.95. The maximum absolute atomic E-state index is 9.94. The molecule has 0 saturated heterocycles. The zero-order chi connectivity index (χ0) is 11.7. The standard InChI is InChI=1S/C15H18O/c1-10(2)15-13-8-5-11(3)4-6-12(13)7-9-14(15)16/h4-11,16H,1-3H3. The van der Waals surface area contributed by atoms with Crippen LogP contribution >= 0.6 is 0 Å². The number of phenols is 1. The molecule has 16 heavy (non-hydrogen) atoms. The zero-order valence-corrected chi connectivity index (χ0v) is 10.1. The van der Waals surface area contributed by atoms with Crippen LogP contribution in [0.1, 0.15) is 43.4 Å². The molecule has 1 aromatic carbocycles. The fraction of sp³-hybridized carbons (Fsp3) is 0.333. The highest BCUT2D eigenvalue weighted by Crippen LogP contribution is 2.34. The third-order valence-corrected chi connectivity index (χ3v) is 3.02. The molecule has 0 radical (unpaired) electrons. The third-order valence-electron chi connectivity index (χ3n) is 3.02. The molecule has 84 valence electrons. The molecule has 1 aromatic rings. The van der Waals surface area contributed by atoms with Crippen molar-refractivity contribution in [3.8, 4) is 5.75 Å². The van der Waals surface area contributed by atoms with Crippen molar-refractivity contribution in [3.63, 3.8) is 0 Å². The molecule has 1 aliphatic carbocycles. The molecule has 1 aliphatic rings. The molecular formula is C15H18O. The second kappa shape index (κ2) is 4.17. The van der Waals surface area contributed by atoms with Crippen LogP contribution in [-0.4, -0.2) is 5.11 Å². The van der Waals surface area contributed by atoms with E-state index in [2.05, 4.69) is 45.1 Å². The van der Waals surface area contributed by atoms with Crippen molar-refractivity contribution in [1.29, 1.82) is 0 Å². The molecule has 0 aliphatic heterocycles. The number of rotatable bonds is 1. The van der Waals surface area contributed by atoms with Gasteiger partial charge in [0.15, 0.2) is 0 Å². The van der Waals surface area contributed by atoms with E-state index in [1.165, 1.54) is 5.56 Å². The monoisotopic (exact) mass is 214 g/mol. The van der Waals surface area contributed by atoms with Gasteiger partial charge < -0.3 is 5.11 Å². The molecule has 0 spiro atoms. The molecule has 0 saturated carbocycles. The van der Waals surface area contributed by atoms with E-state index in [9.17, 15) is 5.11 Å². The second-order valence-electron chi connectivity index (χ2n) is 4.73. The van der Waals surface area contributed by atoms with Crippen LogP contribution in [0.5, 0.6) is 5.75 Å². The summed E-state index contributed by atoms with van der Waals surface area (Å²) in [5, 5.41) is 9.94. The maximum Gasteiger partial charge on any atom is 0.119 e. The molecule has 2 rings (SSSR count). The van der Waals surface area contributed by atoms with E-state index >= 15 is 0 Å². The van der Waals surface area contributed by atoms with E-state index in [0.717, 1.165) is 11.1 Å². The molecule has 1 nitrogen and oxygen atoms in total. The van der Waals surface area contributed by atoms with E-state index in [0.29, 0.717) is 17.6 Å². The Bertz CT molecular complexity index is 453. The van der Waals surface area contributed by atoms with Crippen LogP contribution in [-0.2, 0) is 0 Å². The lowest BCUT2D eigenvalue weighted by molar-refractivity contribution is 0.464. The first-order chi connectivity index (χ1) is 7.59. The van der Waals surface area contributed by atoms with Crippen molar-refractivity contribution in [2.24, 2.45) is 5.92 Å². The SMILES string of the molecule is CC1C=Cc2ccc(O)c(C(C)C)c2C=C1. The van der Waals surface area contributed by atoms with Crippen LogP contribution in [0.3, 0.4) is 0 Å². The molecule has 0 bridgehead atoms. The molecular weight excluding hydrogens is 196 g/mol. The number of hydrogen-bond donors (Lipinski definition) is 1. The number of fused-ring (bicyclic) bond motifs is 1. The summed E-state index contributed by atoms with van der Waals surface area (Å²) in [7, 11) is 0. The van der Waals surface area contributed by atoms with Crippen LogP contribution in [0, 0.1) is 5.92 Å². The Hall–Kier alpha value is -1.50. The van der Waals surface area contributed by atoms with Crippen LogP contribution in [0.25, 0.3) is 12.2 Å². The van der Waals surface area contributed by atoms with Crippen LogP contribution in [0.4, 0.5) is 0 Å². The largest absolute Gasteiger partial charge is 0.508 e. The van der Waals surface area contributed by atoms with Gasteiger partial charge in [-0.2, -0.15) is 0 Å². The van der Waals surface area contributed by atoms with Gasteiger partial charge in [0.25, 0.3) is 0 Å². The zero-order valence-electron chi connectivity index (χ0n) is 10.1. The first-order valence-electron chi connectivity index (χ1n) is 5.82. The lowest BCUT2D eigenvalue weighted by atomic mass is 9.92. The minimum Gasteiger partial charge on any atom is -0.508 e. The van der Waals surface area contributed by atoms with Gasteiger partial charge in [-0.25, -0.2) is 0 Å². The summed E-state index contributed by atoms with van der Waals surface area (Å²) < 4.78 is 0. The number of allylic oxidation sites excluding steroid dienone is 2. The summed E-state index contributed by atoms with van der Waals surface area (Å²) in [5.74, 6) is 1.19. The first kappa shape index (κ1) is 11.0. The summed E-state index contributed by atoms with van der Waals surface area (Å²) in [6.45, 7) is 6.39. The summed E-state index contributed by atoms with van der Waals surface area (Å²) >= 11 is 0. The fourth-order valence-corrected chi connectivity index (χ4v) is 2.15. The van der Waals surface area contributed by atoms with E-state index in [1.807, 2.05) is 6.07 Å². The normalized spacial score (nSPS) is 18.6. The number of phenolic OH excluding ortho intramolecular Hbond substituents is 1. The van der Waals surface area contributed by atoms with Crippen LogP contribution in [0.15, 0.2) is 24.3 Å². The Kier molecular flexibility index (Phi) is 2.86. The summed E-state index contributed by atoms with van der Waals surface area (Å²) in [5.41, 5.74) is 3.41. The Balaban J connectivity index is 2.65. The van der Waals surface area contributed by atoms with Crippen molar-refractivity contribution in [2.75, 3.05) is 0 Å². The van der Waals surface area contributed by atoms with Gasteiger partial charge in [-0.3, -0.25) is 0 Å². The minimum atomic E-state index is 0.335. The first-order valence-corrected chi connectivity index (χ1v) is 5.82. The predicted molar refractivity (Wildman–Crippen MR) is 69.4 cm³/mol. The van der Waals surface area contributed by atoms with Gasteiger partial charge in [0.1, 0.15) is 5.75 Å². The van der Waals surface area contributed by atoms with E-state index in [4.69, 9.17) is 0 Å². The average Bonchev–Trinajstić information content (AvgIpc) is 2.40. The van der Waals surface area contributed by atoms with Crippen molar-refractivity contribution in [1.82, 2.24) is 0 Å². The summed E-state index contributed by atoms with van der Waals surface area (Å²) in [6, 6.07) is 3.78. The third kappa shape index (κ3) is 1.90. The van der Waals surface area contributed by atoms with Gasteiger partial charge in [-0.1, -0.05) is 51.1 Å². The van der Waals surface area contributed by atoms with Crippen molar-refractivity contribution < 1.29 is 5.11 Å². The Labute approximate surface area is 97.1 Å². The molecule has 1 atom stereocenters. The van der Waals surface area contributed by atoms with E-state index < -0.39 is 0 Å².